The van der Waals surface area contributed by atoms with Gasteiger partial charge in [0.05, 0.1) is 19.4 Å². The molecule has 0 fully saturated rings. The highest BCUT2D eigenvalue weighted by Crippen LogP contribution is 2.15. The molecule has 0 heterocycles. The van der Waals surface area contributed by atoms with Crippen LogP contribution in [0.25, 0.3) is 0 Å². The first-order chi connectivity index (χ1) is 9.27. The van der Waals surface area contributed by atoms with E-state index in [0.29, 0.717) is 24.9 Å². The summed E-state index contributed by atoms with van der Waals surface area (Å²) in [6, 6.07) is 7.68. The summed E-state index contributed by atoms with van der Waals surface area (Å²) in [4.78, 5) is 0. The number of rotatable bonds is 7. The molecule has 0 aliphatic heterocycles. The van der Waals surface area contributed by atoms with E-state index in [9.17, 15) is 0 Å². The fourth-order valence-corrected chi connectivity index (χ4v) is 1.50. The van der Waals surface area contributed by atoms with Crippen LogP contribution in [0.4, 0.5) is 0 Å². The zero-order valence-corrected chi connectivity index (χ0v) is 12.0. The third-order valence-electron chi connectivity index (χ3n) is 2.18. The van der Waals surface area contributed by atoms with Crippen LogP contribution in [0.1, 0.15) is 12.5 Å². The maximum atomic E-state index is 5.49. The van der Waals surface area contributed by atoms with Crippen molar-refractivity contribution >= 4 is 23.5 Å². The molecule has 104 valence electrons. The molecule has 19 heavy (non-hydrogen) atoms. The summed E-state index contributed by atoms with van der Waals surface area (Å²) in [5.41, 5.74) is 3.64. The molecule has 1 rings (SSSR count). The first kappa shape index (κ1) is 15.4. The summed E-state index contributed by atoms with van der Waals surface area (Å²) < 4.78 is 10.4. The van der Waals surface area contributed by atoms with Crippen molar-refractivity contribution in [1.82, 2.24) is 10.7 Å². The van der Waals surface area contributed by atoms with Gasteiger partial charge in [-0.3, -0.25) is 5.43 Å². The summed E-state index contributed by atoms with van der Waals surface area (Å²) in [7, 11) is 1.64. The molecule has 6 heteroatoms. The van der Waals surface area contributed by atoms with E-state index >= 15 is 0 Å². The van der Waals surface area contributed by atoms with Crippen LogP contribution in [-0.2, 0) is 4.74 Å². The van der Waals surface area contributed by atoms with Crippen LogP contribution in [0.15, 0.2) is 29.4 Å². The SMILES string of the molecule is CCOc1ccccc1/C=N\NC(=S)NCCOC. The second kappa shape index (κ2) is 9.29. The highest BCUT2D eigenvalue weighted by atomic mass is 32.1. The molecule has 0 aromatic heterocycles. The van der Waals surface area contributed by atoms with Crippen molar-refractivity contribution in [3.63, 3.8) is 0 Å². The lowest BCUT2D eigenvalue weighted by molar-refractivity contribution is 0.204. The molecular weight excluding hydrogens is 262 g/mol. The Morgan fingerprint density at radius 1 is 1.42 bits per heavy atom. The van der Waals surface area contributed by atoms with Gasteiger partial charge in [-0.15, -0.1) is 0 Å². The van der Waals surface area contributed by atoms with Crippen LogP contribution in [0, 0.1) is 0 Å². The van der Waals surface area contributed by atoms with Crippen LogP contribution >= 0.6 is 12.2 Å². The fourth-order valence-electron chi connectivity index (χ4n) is 1.34. The van der Waals surface area contributed by atoms with E-state index in [4.69, 9.17) is 21.7 Å². The summed E-state index contributed by atoms with van der Waals surface area (Å²) in [6.45, 7) is 3.81. The molecule has 0 saturated heterocycles. The Hall–Kier alpha value is -1.66. The Balaban J connectivity index is 2.45. The maximum Gasteiger partial charge on any atom is 0.187 e. The number of hydrogen-bond acceptors (Lipinski definition) is 4. The number of para-hydroxylation sites is 1. The Morgan fingerprint density at radius 2 is 2.21 bits per heavy atom. The molecule has 0 unspecified atom stereocenters. The van der Waals surface area contributed by atoms with Crippen molar-refractivity contribution < 1.29 is 9.47 Å². The molecule has 1 aromatic carbocycles. The Kier molecular flexibility index (Phi) is 7.53. The van der Waals surface area contributed by atoms with Gasteiger partial charge in [0.2, 0.25) is 0 Å². The molecule has 0 saturated carbocycles. The van der Waals surface area contributed by atoms with Crippen LogP contribution in [0.5, 0.6) is 5.75 Å². The monoisotopic (exact) mass is 281 g/mol. The minimum Gasteiger partial charge on any atom is -0.493 e. The summed E-state index contributed by atoms with van der Waals surface area (Å²) in [5.74, 6) is 0.800. The minimum absolute atomic E-state index is 0.460. The molecule has 0 spiro atoms. The largest absolute Gasteiger partial charge is 0.493 e. The van der Waals surface area contributed by atoms with Crippen LogP contribution < -0.4 is 15.5 Å². The van der Waals surface area contributed by atoms with Gasteiger partial charge < -0.3 is 14.8 Å². The molecule has 0 amide bonds. The predicted octanol–water partition coefficient (Wildman–Crippen LogP) is 1.53. The van der Waals surface area contributed by atoms with Crippen molar-refractivity contribution in [2.75, 3.05) is 26.9 Å². The first-order valence-corrected chi connectivity index (χ1v) is 6.46. The van der Waals surface area contributed by atoms with Gasteiger partial charge in [0, 0.05) is 19.2 Å². The number of thiocarbonyl (C=S) groups is 1. The topological polar surface area (TPSA) is 54.9 Å². The second-order valence-corrected chi connectivity index (χ2v) is 4.00. The van der Waals surface area contributed by atoms with E-state index in [2.05, 4.69) is 15.8 Å². The maximum absolute atomic E-state index is 5.49. The Bertz CT molecular complexity index is 424. The van der Waals surface area contributed by atoms with E-state index in [1.807, 2.05) is 31.2 Å². The van der Waals surface area contributed by atoms with Crippen molar-refractivity contribution in [2.45, 2.75) is 6.92 Å². The number of nitrogens with one attached hydrogen (secondary N) is 2. The minimum atomic E-state index is 0.460. The molecule has 1 aromatic rings. The van der Waals surface area contributed by atoms with E-state index < -0.39 is 0 Å². The molecular formula is C13H19N3O2S. The second-order valence-electron chi connectivity index (χ2n) is 3.59. The highest BCUT2D eigenvalue weighted by Gasteiger charge is 1.98. The third-order valence-corrected chi connectivity index (χ3v) is 2.42. The molecule has 0 radical (unpaired) electrons. The average Bonchev–Trinajstić information content (AvgIpc) is 2.41. The van der Waals surface area contributed by atoms with E-state index in [-0.39, 0.29) is 0 Å². The molecule has 0 atom stereocenters. The lowest BCUT2D eigenvalue weighted by Crippen LogP contribution is -2.34. The standard InChI is InChI=1S/C13H19N3O2S/c1-3-18-12-7-5-4-6-11(12)10-15-16-13(19)14-8-9-17-2/h4-7,10H,3,8-9H2,1-2H3,(H2,14,16,19)/b15-10-. The average molecular weight is 281 g/mol. The van der Waals surface area contributed by atoms with Crippen LogP contribution in [0.2, 0.25) is 0 Å². The smallest absolute Gasteiger partial charge is 0.187 e. The van der Waals surface area contributed by atoms with E-state index in [0.717, 1.165) is 11.3 Å². The molecule has 0 bridgehead atoms. The van der Waals surface area contributed by atoms with Gasteiger partial charge in [-0.2, -0.15) is 5.10 Å². The van der Waals surface area contributed by atoms with Gasteiger partial charge in [-0.05, 0) is 31.3 Å². The van der Waals surface area contributed by atoms with Crippen molar-refractivity contribution in [1.29, 1.82) is 0 Å². The lowest BCUT2D eigenvalue weighted by Gasteiger charge is -2.07. The first-order valence-electron chi connectivity index (χ1n) is 6.05. The third kappa shape index (κ3) is 6.17. The number of hydrazone groups is 1. The van der Waals surface area contributed by atoms with Crippen molar-refractivity contribution in [3.8, 4) is 5.75 Å². The quantitative estimate of drug-likeness (QED) is 0.343. The number of hydrogen-bond donors (Lipinski definition) is 2. The van der Waals surface area contributed by atoms with Crippen LogP contribution in [-0.4, -0.2) is 38.2 Å². The predicted molar refractivity (Wildman–Crippen MR) is 80.8 cm³/mol. The van der Waals surface area contributed by atoms with Crippen LogP contribution in [0.3, 0.4) is 0 Å². The van der Waals surface area contributed by atoms with Gasteiger partial charge >= 0.3 is 0 Å². The summed E-state index contributed by atoms with van der Waals surface area (Å²) >= 11 is 5.04. The van der Waals surface area contributed by atoms with E-state index in [1.54, 1.807) is 13.3 Å². The highest BCUT2D eigenvalue weighted by molar-refractivity contribution is 7.80. The molecule has 0 aliphatic carbocycles. The molecule has 2 N–H and O–H groups in total. The van der Waals surface area contributed by atoms with Gasteiger partial charge in [0.1, 0.15) is 5.75 Å². The number of methoxy groups -OCH3 is 1. The normalized spacial score (nSPS) is 10.4. The number of benzene rings is 1. The van der Waals surface area contributed by atoms with Gasteiger partial charge in [-0.1, -0.05) is 12.1 Å². The zero-order valence-electron chi connectivity index (χ0n) is 11.2. The number of nitrogens with zero attached hydrogens (tertiary/aromatic N) is 1. The van der Waals surface area contributed by atoms with E-state index in [1.165, 1.54) is 0 Å². The molecule has 0 aliphatic rings. The van der Waals surface area contributed by atoms with Crippen molar-refractivity contribution in [2.24, 2.45) is 5.10 Å². The molecule has 5 nitrogen and oxygen atoms in total. The zero-order chi connectivity index (χ0) is 13.9. The Labute approximate surface area is 119 Å². The Morgan fingerprint density at radius 3 is 2.95 bits per heavy atom. The van der Waals surface area contributed by atoms with Crippen molar-refractivity contribution in [3.05, 3.63) is 29.8 Å². The van der Waals surface area contributed by atoms with Gasteiger partial charge in [0.15, 0.2) is 5.11 Å². The summed E-state index contributed by atoms with van der Waals surface area (Å²) in [6.07, 6.45) is 1.68. The summed E-state index contributed by atoms with van der Waals surface area (Å²) in [5, 5.41) is 7.48. The number of ether oxygens (including phenoxy) is 2. The van der Waals surface area contributed by atoms with Gasteiger partial charge in [0.25, 0.3) is 0 Å². The van der Waals surface area contributed by atoms with Gasteiger partial charge in [-0.25, -0.2) is 0 Å². The lowest BCUT2D eigenvalue weighted by atomic mass is 10.2. The fraction of sp³-hybridized carbons (Fsp3) is 0.385.